The lowest BCUT2D eigenvalue weighted by Gasteiger charge is -2.27. The maximum Gasteiger partial charge on any atom is 0.223 e. The van der Waals surface area contributed by atoms with Gasteiger partial charge >= 0.3 is 0 Å². The third kappa shape index (κ3) is 11.8. The van der Waals surface area contributed by atoms with Crippen molar-refractivity contribution in [2.75, 3.05) is 0 Å². The van der Waals surface area contributed by atoms with Gasteiger partial charge in [0.05, 0.1) is 0 Å². The molecule has 258 valence electrons. The smallest absolute Gasteiger partial charge is 0.223 e. The number of hydrogen-bond donors (Lipinski definition) is 0. The van der Waals surface area contributed by atoms with Crippen molar-refractivity contribution in [2.24, 2.45) is 17.8 Å². The summed E-state index contributed by atoms with van der Waals surface area (Å²) in [6, 6.07) is 6.18. The normalized spacial score (nSPS) is 14.3. The molecule has 0 saturated heterocycles. The maximum absolute atomic E-state index is 13.6. The van der Waals surface area contributed by atoms with E-state index in [0.717, 1.165) is 52.6 Å². The summed E-state index contributed by atoms with van der Waals surface area (Å²) in [6.45, 7) is 15.1. The van der Waals surface area contributed by atoms with E-state index in [0.29, 0.717) is 76.3 Å². The molecule has 0 aliphatic carbocycles. The van der Waals surface area contributed by atoms with Crippen molar-refractivity contribution in [1.82, 2.24) is 29.7 Å². The molecule has 0 unspecified atom stereocenters. The van der Waals surface area contributed by atoms with Crippen LogP contribution in [0.5, 0.6) is 0 Å². The highest BCUT2D eigenvalue weighted by molar-refractivity contribution is 5.77. The van der Waals surface area contributed by atoms with E-state index in [9.17, 15) is 14.4 Å². The van der Waals surface area contributed by atoms with Crippen LogP contribution in [0.2, 0.25) is 0 Å². The Morgan fingerprint density at radius 1 is 0.458 bits per heavy atom. The molecule has 0 aromatic carbocycles. The lowest BCUT2D eigenvalue weighted by molar-refractivity contribution is -0.133. The zero-order valence-electron chi connectivity index (χ0n) is 29.8. The zero-order valence-corrected chi connectivity index (χ0v) is 29.8. The second kappa shape index (κ2) is 17.9. The predicted octanol–water partition coefficient (Wildman–Crippen LogP) is 7.08. The fourth-order valence-corrected chi connectivity index (χ4v) is 5.87. The fourth-order valence-electron chi connectivity index (χ4n) is 5.87. The first kappa shape index (κ1) is 36.7. The van der Waals surface area contributed by atoms with Crippen LogP contribution in [0.15, 0.2) is 55.4 Å². The Morgan fingerprint density at radius 3 is 0.854 bits per heavy atom. The Kier molecular flexibility index (Phi) is 13.6. The fraction of sp³-hybridized carbons (Fsp3) is 0.538. The maximum atomic E-state index is 13.6. The lowest BCUT2D eigenvalue weighted by atomic mass is 10.1. The molecular formula is C39H54N6O3. The number of carbonyl (C=O) groups excluding carboxylic acids is 3. The topological polar surface area (TPSA) is 99.6 Å². The highest BCUT2D eigenvalue weighted by atomic mass is 16.2. The number of pyridine rings is 3. The quantitative estimate of drug-likeness (QED) is 0.245. The van der Waals surface area contributed by atoms with Crippen LogP contribution in [0, 0.1) is 17.8 Å². The van der Waals surface area contributed by atoms with Crippen LogP contribution in [0.25, 0.3) is 0 Å². The molecule has 0 N–H and O–H groups in total. The van der Waals surface area contributed by atoms with Crippen molar-refractivity contribution >= 4 is 17.7 Å². The largest absolute Gasteiger partial charge is 0.334 e. The van der Waals surface area contributed by atoms with Gasteiger partial charge < -0.3 is 14.7 Å². The van der Waals surface area contributed by atoms with Gasteiger partial charge in [0.25, 0.3) is 0 Å². The van der Waals surface area contributed by atoms with Crippen LogP contribution in [0.1, 0.15) is 113 Å². The Labute approximate surface area is 287 Å². The number of nitrogens with zero attached hydrogens (tertiary/aromatic N) is 6. The number of fused-ring (bicyclic) bond motifs is 6. The number of rotatable bonds is 9. The Bertz CT molecular complexity index is 1280. The monoisotopic (exact) mass is 654 g/mol. The molecule has 3 aromatic heterocycles. The van der Waals surface area contributed by atoms with E-state index in [1.165, 1.54) is 0 Å². The van der Waals surface area contributed by atoms with E-state index < -0.39 is 0 Å². The number of aromatic nitrogens is 3. The predicted molar refractivity (Wildman–Crippen MR) is 188 cm³/mol. The molecule has 3 amide bonds. The molecule has 0 fully saturated rings. The van der Waals surface area contributed by atoms with Gasteiger partial charge in [-0.3, -0.25) is 29.3 Å². The van der Waals surface area contributed by atoms with E-state index in [2.05, 4.69) is 74.7 Å². The molecule has 1 aliphatic rings. The van der Waals surface area contributed by atoms with Gasteiger partial charge in [-0.25, -0.2) is 0 Å². The molecule has 4 rings (SSSR count). The molecule has 48 heavy (non-hydrogen) atoms. The molecule has 4 heterocycles. The van der Waals surface area contributed by atoms with Crippen LogP contribution < -0.4 is 0 Å². The summed E-state index contributed by atoms with van der Waals surface area (Å²) in [7, 11) is 0. The first-order valence-electron chi connectivity index (χ1n) is 17.6. The third-order valence-electron chi connectivity index (χ3n) is 8.66. The van der Waals surface area contributed by atoms with Crippen molar-refractivity contribution < 1.29 is 14.4 Å². The minimum absolute atomic E-state index is 0.0795. The van der Waals surface area contributed by atoms with Gasteiger partial charge in [-0.1, -0.05) is 41.5 Å². The summed E-state index contributed by atoms with van der Waals surface area (Å²) < 4.78 is 0. The van der Waals surface area contributed by atoms with E-state index in [1.54, 1.807) is 37.2 Å². The van der Waals surface area contributed by atoms with Crippen LogP contribution in [0.3, 0.4) is 0 Å². The molecule has 9 nitrogen and oxygen atoms in total. The van der Waals surface area contributed by atoms with Crippen LogP contribution in [0.4, 0.5) is 0 Å². The second-order valence-corrected chi connectivity index (χ2v) is 14.7. The summed E-state index contributed by atoms with van der Waals surface area (Å²) in [5.74, 6) is 1.48. The zero-order chi connectivity index (χ0) is 34.6. The molecule has 0 spiro atoms. The molecule has 1 aliphatic heterocycles. The average Bonchev–Trinajstić information content (AvgIpc) is 3.04. The first-order chi connectivity index (χ1) is 22.9. The number of carbonyl (C=O) groups is 3. The molecule has 0 radical (unpaired) electrons. The molecule has 9 heteroatoms. The van der Waals surface area contributed by atoms with E-state index in [-0.39, 0.29) is 17.7 Å². The summed E-state index contributed by atoms with van der Waals surface area (Å²) in [5.41, 5.74) is 5.48. The van der Waals surface area contributed by atoms with Gasteiger partial charge in [-0.2, -0.15) is 0 Å². The Morgan fingerprint density at radius 2 is 0.667 bits per heavy atom. The SMILES string of the molecule is CC(C)CCC(=O)N1Cc2cncc(c2)CN(C(=O)CCC(C)C)Cc2cncc(c2)CN(C(=O)CCC(C)C)Cc2cncc(c2)C1. The summed E-state index contributed by atoms with van der Waals surface area (Å²) >= 11 is 0. The van der Waals surface area contributed by atoms with Crippen molar-refractivity contribution in [3.63, 3.8) is 0 Å². The number of hydrogen-bond acceptors (Lipinski definition) is 6. The Balaban J connectivity index is 1.75. The van der Waals surface area contributed by atoms with Crippen molar-refractivity contribution in [3.8, 4) is 0 Å². The van der Waals surface area contributed by atoms with Gasteiger partial charge in [-0.05, 0) is 88.6 Å². The van der Waals surface area contributed by atoms with Crippen molar-refractivity contribution in [1.29, 1.82) is 0 Å². The Hall–Kier alpha value is -4.14. The minimum atomic E-state index is 0.0795. The van der Waals surface area contributed by atoms with Gasteiger partial charge in [0.15, 0.2) is 0 Å². The summed E-state index contributed by atoms with van der Waals surface area (Å²) in [5, 5.41) is 0. The summed E-state index contributed by atoms with van der Waals surface area (Å²) in [4.78, 5) is 60.1. The minimum Gasteiger partial charge on any atom is -0.334 e. The van der Waals surface area contributed by atoms with Crippen molar-refractivity contribution in [2.45, 2.75) is 119 Å². The molecule has 3 aromatic rings. The van der Waals surface area contributed by atoms with Crippen LogP contribution in [-0.4, -0.2) is 47.4 Å². The molecule has 6 bridgehead atoms. The second-order valence-electron chi connectivity index (χ2n) is 14.7. The van der Waals surface area contributed by atoms with Crippen molar-refractivity contribution in [3.05, 3.63) is 88.8 Å². The van der Waals surface area contributed by atoms with Gasteiger partial charge in [-0.15, -0.1) is 0 Å². The van der Waals surface area contributed by atoms with Crippen LogP contribution >= 0.6 is 0 Å². The van der Waals surface area contributed by atoms with Gasteiger partial charge in [0.2, 0.25) is 17.7 Å². The lowest BCUT2D eigenvalue weighted by Crippen LogP contribution is -2.32. The highest BCUT2D eigenvalue weighted by Crippen LogP contribution is 2.21. The standard InChI is InChI=1S/C39H54N6O3/c1-28(2)7-10-37(46)43-22-31-13-33(18-40-16-31)24-44(38(47)11-8-29(3)4)26-35-15-36(21-42-20-35)27-45(39(48)12-9-30(5)6)25-34-14-32(23-43)17-41-19-34/h13-21,28-30H,7-12,22-27H2,1-6H3. The highest BCUT2D eigenvalue weighted by Gasteiger charge is 2.21. The third-order valence-corrected chi connectivity index (χ3v) is 8.66. The molecule has 0 saturated carbocycles. The van der Waals surface area contributed by atoms with Gasteiger partial charge in [0.1, 0.15) is 0 Å². The van der Waals surface area contributed by atoms with E-state index >= 15 is 0 Å². The van der Waals surface area contributed by atoms with Gasteiger partial charge in [0, 0.05) is 95.7 Å². The van der Waals surface area contributed by atoms with E-state index in [1.807, 2.05) is 14.7 Å². The number of amides is 3. The first-order valence-corrected chi connectivity index (χ1v) is 17.6. The summed E-state index contributed by atoms with van der Waals surface area (Å²) in [6.07, 6.45) is 14.6. The molecular weight excluding hydrogens is 600 g/mol. The molecule has 0 atom stereocenters. The van der Waals surface area contributed by atoms with E-state index in [4.69, 9.17) is 0 Å². The van der Waals surface area contributed by atoms with Crippen LogP contribution in [-0.2, 0) is 53.7 Å². The average molecular weight is 655 g/mol.